The van der Waals surface area contributed by atoms with Crippen LogP contribution in [0.15, 0.2) is 24.4 Å². The Morgan fingerprint density at radius 3 is 2.48 bits per heavy atom. The van der Waals surface area contributed by atoms with Crippen LogP contribution in [0.2, 0.25) is 0 Å². The van der Waals surface area contributed by atoms with Crippen LogP contribution in [0.3, 0.4) is 0 Å². The van der Waals surface area contributed by atoms with Crippen molar-refractivity contribution in [2.45, 2.75) is 50.2 Å². The Kier molecular flexibility index (Phi) is 4.46. The number of pyridine rings is 1. The second-order valence-corrected chi connectivity index (χ2v) is 7.37. The molecule has 3 aliphatic rings. The molecule has 2 amide bonds. The molecule has 6 nitrogen and oxygen atoms in total. The second-order valence-electron chi connectivity index (χ2n) is 7.37. The van der Waals surface area contributed by atoms with Crippen molar-refractivity contribution in [3.8, 4) is 0 Å². The van der Waals surface area contributed by atoms with Crippen LogP contribution in [0.1, 0.15) is 49.0 Å². The zero-order chi connectivity index (χ0) is 17.3. The van der Waals surface area contributed by atoms with Gasteiger partial charge in [-0.1, -0.05) is 6.07 Å². The van der Waals surface area contributed by atoms with Gasteiger partial charge in [0.25, 0.3) is 11.8 Å². The van der Waals surface area contributed by atoms with Gasteiger partial charge in [-0.2, -0.15) is 0 Å². The minimum Gasteiger partial charge on any atom is -0.362 e. The molecular weight excluding hydrogens is 318 g/mol. The van der Waals surface area contributed by atoms with Gasteiger partial charge in [0.1, 0.15) is 11.8 Å². The molecule has 1 spiro atoms. The van der Waals surface area contributed by atoms with Gasteiger partial charge in [0, 0.05) is 32.4 Å². The Morgan fingerprint density at radius 2 is 1.80 bits per heavy atom. The van der Waals surface area contributed by atoms with Gasteiger partial charge in [0.2, 0.25) is 0 Å². The molecule has 0 radical (unpaired) electrons. The van der Waals surface area contributed by atoms with Gasteiger partial charge in [-0.25, -0.2) is 0 Å². The summed E-state index contributed by atoms with van der Waals surface area (Å²) in [5.41, 5.74) is 0.272. The van der Waals surface area contributed by atoms with Crippen molar-refractivity contribution in [2.75, 3.05) is 26.2 Å². The van der Waals surface area contributed by atoms with Gasteiger partial charge < -0.3 is 14.5 Å². The lowest BCUT2D eigenvalue weighted by Gasteiger charge is -2.39. The summed E-state index contributed by atoms with van der Waals surface area (Å²) in [4.78, 5) is 33.0. The van der Waals surface area contributed by atoms with E-state index < -0.39 is 0 Å². The summed E-state index contributed by atoms with van der Waals surface area (Å²) in [6, 6.07) is 5.40. The maximum Gasteiger partial charge on any atom is 0.272 e. The third-order valence-electron chi connectivity index (χ3n) is 5.79. The molecule has 6 heteroatoms. The fourth-order valence-corrected chi connectivity index (χ4v) is 4.27. The highest BCUT2D eigenvalue weighted by Crippen LogP contribution is 2.39. The number of piperidine rings is 1. The Morgan fingerprint density at radius 1 is 1.04 bits per heavy atom. The number of aromatic nitrogens is 1. The number of nitrogens with zero attached hydrogens (tertiary/aromatic N) is 3. The number of ether oxygens (including phenoxy) is 1. The van der Waals surface area contributed by atoms with E-state index in [-0.39, 0.29) is 23.5 Å². The molecule has 25 heavy (non-hydrogen) atoms. The molecule has 0 aliphatic carbocycles. The fraction of sp³-hybridized carbons (Fsp3) is 0.632. The third-order valence-corrected chi connectivity index (χ3v) is 5.79. The van der Waals surface area contributed by atoms with E-state index in [0.29, 0.717) is 18.8 Å². The molecule has 0 N–H and O–H groups in total. The quantitative estimate of drug-likeness (QED) is 0.822. The molecule has 4 rings (SSSR count). The van der Waals surface area contributed by atoms with Crippen molar-refractivity contribution >= 4 is 11.8 Å². The molecule has 3 aliphatic heterocycles. The highest BCUT2D eigenvalue weighted by molar-refractivity contribution is 5.92. The summed E-state index contributed by atoms with van der Waals surface area (Å²) in [6.07, 6.45) is 6.91. The largest absolute Gasteiger partial charge is 0.362 e. The summed E-state index contributed by atoms with van der Waals surface area (Å²) in [7, 11) is 0. The molecule has 0 unspecified atom stereocenters. The first-order chi connectivity index (χ1) is 12.2. The molecule has 1 aromatic rings. The van der Waals surface area contributed by atoms with Crippen molar-refractivity contribution < 1.29 is 14.3 Å². The maximum atomic E-state index is 12.6. The van der Waals surface area contributed by atoms with E-state index in [0.717, 1.165) is 51.6 Å². The first-order valence-electron chi connectivity index (χ1n) is 9.34. The van der Waals surface area contributed by atoms with E-state index in [1.165, 1.54) is 0 Å². The fourth-order valence-electron chi connectivity index (χ4n) is 4.27. The van der Waals surface area contributed by atoms with Crippen LogP contribution in [-0.4, -0.2) is 64.5 Å². The lowest BCUT2D eigenvalue weighted by molar-refractivity contribution is -0.149. The van der Waals surface area contributed by atoms with Crippen molar-refractivity contribution in [1.29, 1.82) is 0 Å². The smallest absolute Gasteiger partial charge is 0.272 e. The monoisotopic (exact) mass is 343 g/mol. The molecule has 0 aromatic carbocycles. The normalized spacial score (nSPS) is 25.5. The van der Waals surface area contributed by atoms with Crippen molar-refractivity contribution in [3.05, 3.63) is 30.1 Å². The molecule has 4 heterocycles. The molecule has 3 fully saturated rings. The molecule has 0 saturated carbocycles. The van der Waals surface area contributed by atoms with Crippen LogP contribution in [0.5, 0.6) is 0 Å². The van der Waals surface area contributed by atoms with Gasteiger partial charge in [-0.05, 0) is 50.7 Å². The first kappa shape index (κ1) is 16.5. The second kappa shape index (κ2) is 6.75. The molecule has 1 aromatic heterocycles. The summed E-state index contributed by atoms with van der Waals surface area (Å²) in [5.74, 6) is 0.152. The first-order valence-corrected chi connectivity index (χ1v) is 9.34. The Hall–Kier alpha value is -1.95. The lowest BCUT2D eigenvalue weighted by Crippen LogP contribution is -2.48. The van der Waals surface area contributed by atoms with Gasteiger partial charge in [-0.15, -0.1) is 0 Å². The van der Waals surface area contributed by atoms with Crippen LogP contribution in [0.25, 0.3) is 0 Å². The van der Waals surface area contributed by atoms with Gasteiger partial charge in [0.05, 0.1) is 5.60 Å². The number of likely N-dealkylation sites (tertiary alicyclic amines) is 2. The number of carbonyl (C=O) groups excluding carboxylic acids is 2. The van der Waals surface area contributed by atoms with Gasteiger partial charge >= 0.3 is 0 Å². The average Bonchev–Trinajstić information content (AvgIpc) is 3.33. The summed E-state index contributed by atoms with van der Waals surface area (Å²) in [6.45, 7) is 3.08. The number of hydrogen-bond acceptors (Lipinski definition) is 4. The Labute approximate surface area is 148 Å². The van der Waals surface area contributed by atoms with Crippen molar-refractivity contribution in [3.63, 3.8) is 0 Å². The average molecular weight is 343 g/mol. The molecule has 0 bridgehead atoms. The SMILES string of the molecule is O=C(c1ccccn1)N1CCC2(CC[C@@H](C(=O)N3CCCC3)O2)CC1. The summed E-state index contributed by atoms with van der Waals surface area (Å²) >= 11 is 0. The van der Waals surface area contributed by atoms with E-state index >= 15 is 0 Å². The molecule has 134 valence electrons. The van der Waals surface area contributed by atoms with E-state index in [9.17, 15) is 9.59 Å². The highest BCUT2D eigenvalue weighted by Gasteiger charge is 2.46. The van der Waals surface area contributed by atoms with Crippen LogP contribution in [0, 0.1) is 0 Å². The predicted octanol–water partition coefficient (Wildman–Crippen LogP) is 1.86. The topological polar surface area (TPSA) is 62.7 Å². The number of carbonyl (C=O) groups is 2. The van der Waals surface area contributed by atoms with Crippen molar-refractivity contribution in [1.82, 2.24) is 14.8 Å². The number of amides is 2. The van der Waals surface area contributed by atoms with Crippen LogP contribution < -0.4 is 0 Å². The standard InChI is InChI=1S/C19H25N3O3/c23-17(15-5-1-2-10-20-15)22-13-8-19(9-14-22)7-6-16(25-19)18(24)21-11-3-4-12-21/h1-2,5,10,16H,3-4,6-9,11-14H2/t16-/m0/s1. The zero-order valence-electron chi connectivity index (χ0n) is 14.5. The van der Waals surface area contributed by atoms with Crippen molar-refractivity contribution in [2.24, 2.45) is 0 Å². The summed E-state index contributed by atoms with van der Waals surface area (Å²) < 4.78 is 6.25. The number of rotatable bonds is 2. The predicted molar refractivity (Wildman–Crippen MR) is 92.0 cm³/mol. The van der Waals surface area contributed by atoms with Gasteiger partial charge in [-0.3, -0.25) is 14.6 Å². The van der Waals surface area contributed by atoms with Crippen LogP contribution in [0.4, 0.5) is 0 Å². The minimum absolute atomic E-state index is 0.0156. The third kappa shape index (κ3) is 3.27. The van der Waals surface area contributed by atoms with E-state index in [2.05, 4.69) is 4.98 Å². The Balaban J connectivity index is 1.34. The lowest BCUT2D eigenvalue weighted by atomic mass is 9.88. The van der Waals surface area contributed by atoms with E-state index in [4.69, 9.17) is 4.74 Å². The zero-order valence-corrected chi connectivity index (χ0v) is 14.5. The number of hydrogen-bond donors (Lipinski definition) is 0. The Bertz CT molecular complexity index is 635. The van der Waals surface area contributed by atoms with E-state index in [1.807, 2.05) is 21.9 Å². The van der Waals surface area contributed by atoms with Crippen LogP contribution >= 0.6 is 0 Å². The van der Waals surface area contributed by atoms with Crippen LogP contribution in [-0.2, 0) is 9.53 Å². The van der Waals surface area contributed by atoms with Gasteiger partial charge in [0.15, 0.2) is 0 Å². The highest BCUT2D eigenvalue weighted by atomic mass is 16.5. The molecular formula is C19H25N3O3. The van der Waals surface area contributed by atoms with E-state index in [1.54, 1.807) is 12.3 Å². The molecule has 1 atom stereocenters. The summed E-state index contributed by atoms with van der Waals surface area (Å²) in [5, 5.41) is 0. The minimum atomic E-state index is -0.281. The maximum absolute atomic E-state index is 12.6. The molecule has 3 saturated heterocycles.